The van der Waals surface area contributed by atoms with Crippen molar-refractivity contribution >= 4 is 5.91 Å². The van der Waals surface area contributed by atoms with Gasteiger partial charge in [0, 0.05) is 24.2 Å². The average Bonchev–Trinajstić information content (AvgIpc) is 2.36. The van der Waals surface area contributed by atoms with Gasteiger partial charge in [0.2, 0.25) is 5.91 Å². The zero-order valence-electron chi connectivity index (χ0n) is 14.0. The molecule has 0 aromatic rings. The minimum absolute atomic E-state index is 0.141. The Morgan fingerprint density at radius 1 is 1.35 bits per heavy atom. The number of nitrogens with zero attached hydrogens (tertiary/aromatic N) is 1. The molecule has 0 aromatic heterocycles. The summed E-state index contributed by atoms with van der Waals surface area (Å²) in [6, 6.07) is 0.768. The van der Waals surface area contributed by atoms with Gasteiger partial charge in [0.25, 0.3) is 0 Å². The molecule has 1 heterocycles. The Bertz CT molecular complexity index is 299. The summed E-state index contributed by atoms with van der Waals surface area (Å²) in [4.78, 5) is 14.4. The van der Waals surface area contributed by atoms with E-state index in [2.05, 4.69) is 50.2 Å². The van der Waals surface area contributed by atoms with E-state index < -0.39 is 0 Å². The lowest BCUT2D eigenvalue weighted by atomic mass is 10.0. The fourth-order valence-corrected chi connectivity index (χ4v) is 2.53. The number of carbonyl (C=O) groups is 1. The van der Waals surface area contributed by atoms with Crippen molar-refractivity contribution in [2.45, 2.75) is 77.9 Å². The maximum Gasteiger partial charge on any atom is 0.234 e. The first kappa shape index (κ1) is 17.4. The van der Waals surface area contributed by atoms with E-state index >= 15 is 0 Å². The second kappa shape index (κ2) is 7.99. The topological polar surface area (TPSA) is 44.4 Å². The number of likely N-dealkylation sites (tertiary alicyclic amines) is 1. The third-order valence-electron chi connectivity index (χ3n) is 3.98. The SMILES string of the molecule is CCC(C)NC(=O)CN1CCCCC1CNC(C)(C)C. The van der Waals surface area contributed by atoms with Crippen LogP contribution in [0.15, 0.2) is 0 Å². The van der Waals surface area contributed by atoms with Crippen molar-refractivity contribution in [3.63, 3.8) is 0 Å². The van der Waals surface area contributed by atoms with Gasteiger partial charge in [-0.15, -0.1) is 0 Å². The zero-order chi connectivity index (χ0) is 15.2. The van der Waals surface area contributed by atoms with Crippen LogP contribution in [0, 0.1) is 0 Å². The number of amides is 1. The maximum absolute atomic E-state index is 12.1. The first-order valence-corrected chi connectivity index (χ1v) is 8.10. The predicted molar refractivity (Wildman–Crippen MR) is 84.9 cm³/mol. The van der Waals surface area contributed by atoms with Gasteiger partial charge < -0.3 is 10.6 Å². The smallest absolute Gasteiger partial charge is 0.234 e. The highest BCUT2D eigenvalue weighted by Crippen LogP contribution is 2.17. The molecule has 0 spiro atoms. The molecular formula is C16H33N3O. The molecule has 0 aromatic carbocycles. The molecule has 1 aliphatic rings. The van der Waals surface area contributed by atoms with E-state index in [1.807, 2.05) is 0 Å². The number of hydrogen-bond acceptors (Lipinski definition) is 3. The van der Waals surface area contributed by atoms with Gasteiger partial charge in [-0.2, -0.15) is 0 Å². The molecule has 0 aliphatic carbocycles. The van der Waals surface area contributed by atoms with Crippen LogP contribution in [-0.2, 0) is 4.79 Å². The fourth-order valence-electron chi connectivity index (χ4n) is 2.53. The Morgan fingerprint density at radius 3 is 2.65 bits per heavy atom. The summed E-state index contributed by atoms with van der Waals surface area (Å²) in [5.74, 6) is 0.169. The summed E-state index contributed by atoms with van der Waals surface area (Å²) in [6.45, 7) is 13.3. The predicted octanol–water partition coefficient (Wildman–Crippen LogP) is 2.14. The molecule has 118 valence electrons. The van der Waals surface area contributed by atoms with Gasteiger partial charge in [-0.1, -0.05) is 13.3 Å². The van der Waals surface area contributed by atoms with Gasteiger partial charge in [-0.05, 0) is 53.5 Å². The van der Waals surface area contributed by atoms with Crippen molar-refractivity contribution in [1.82, 2.24) is 15.5 Å². The molecule has 0 radical (unpaired) electrons. The van der Waals surface area contributed by atoms with Crippen molar-refractivity contribution in [1.29, 1.82) is 0 Å². The van der Waals surface area contributed by atoms with E-state index in [4.69, 9.17) is 0 Å². The van der Waals surface area contributed by atoms with Crippen LogP contribution < -0.4 is 10.6 Å². The van der Waals surface area contributed by atoms with Crippen LogP contribution in [-0.4, -0.2) is 48.1 Å². The lowest BCUT2D eigenvalue weighted by Gasteiger charge is -2.37. The highest BCUT2D eigenvalue weighted by atomic mass is 16.2. The molecule has 1 fully saturated rings. The molecule has 4 heteroatoms. The van der Waals surface area contributed by atoms with Crippen LogP contribution in [0.3, 0.4) is 0 Å². The first-order valence-electron chi connectivity index (χ1n) is 8.10. The molecule has 0 bridgehead atoms. The van der Waals surface area contributed by atoms with Gasteiger partial charge >= 0.3 is 0 Å². The molecule has 1 aliphatic heterocycles. The zero-order valence-corrected chi connectivity index (χ0v) is 14.0. The van der Waals surface area contributed by atoms with Crippen molar-refractivity contribution in [2.24, 2.45) is 0 Å². The second-order valence-corrected chi connectivity index (χ2v) is 7.13. The Labute approximate surface area is 124 Å². The molecule has 0 saturated carbocycles. The van der Waals surface area contributed by atoms with Crippen LogP contribution in [0.4, 0.5) is 0 Å². The van der Waals surface area contributed by atoms with Gasteiger partial charge in [-0.25, -0.2) is 0 Å². The Balaban J connectivity index is 2.45. The van der Waals surface area contributed by atoms with Gasteiger partial charge in [0.1, 0.15) is 0 Å². The average molecular weight is 283 g/mol. The molecule has 2 atom stereocenters. The van der Waals surface area contributed by atoms with Gasteiger partial charge in [0.15, 0.2) is 0 Å². The third kappa shape index (κ3) is 6.71. The Hall–Kier alpha value is -0.610. The molecule has 1 rings (SSSR count). The lowest BCUT2D eigenvalue weighted by molar-refractivity contribution is -0.123. The van der Waals surface area contributed by atoms with Crippen LogP contribution in [0.2, 0.25) is 0 Å². The third-order valence-corrected chi connectivity index (χ3v) is 3.98. The summed E-state index contributed by atoms with van der Waals surface area (Å²) in [7, 11) is 0. The summed E-state index contributed by atoms with van der Waals surface area (Å²) in [6.07, 6.45) is 4.67. The van der Waals surface area contributed by atoms with Crippen molar-refractivity contribution in [2.75, 3.05) is 19.6 Å². The van der Waals surface area contributed by atoms with E-state index in [0.717, 1.165) is 19.5 Å². The highest BCUT2D eigenvalue weighted by Gasteiger charge is 2.25. The number of piperidine rings is 1. The molecule has 4 nitrogen and oxygen atoms in total. The van der Waals surface area contributed by atoms with Gasteiger partial charge in [-0.3, -0.25) is 9.69 Å². The molecule has 2 N–H and O–H groups in total. The molecule has 1 amide bonds. The standard InChI is InChI=1S/C16H33N3O/c1-6-13(2)18-15(20)12-19-10-8-7-9-14(19)11-17-16(3,4)5/h13-14,17H,6-12H2,1-5H3,(H,18,20). The molecular weight excluding hydrogens is 250 g/mol. The maximum atomic E-state index is 12.1. The van der Waals surface area contributed by atoms with Crippen LogP contribution in [0.1, 0.15) is 60.3 Å². The van der Waals surface area contributed by atoms with Crippen molar-refractivity contribution < 1.29 is 4.79 Å². The lowest BCUT2D eigenvalue weighted by Crippen LogP contribution is -2.52. The minimum atomic E-state index is 0.141. The van der Waals surface area contributed by atoms with E-state index in [-0.39, 0.29) is 17.5 Å². The van der Waals surface area contributed by atoms with E-state index in [9.17, 15) is 4.79 Å². The van der Waals surface area contributed by atoms with E-state index in [1.54, 1.807) is 0 Å². The van der Waals surface area contributed by atoms with Crippen molar-refractivity contribution in [3.05, 3.63) is 0 Å². The quantitative estimate of drug-likeness (QED) is 0.785. The fraction of sp³-hybridized carbons (Fsp3) is 0.938. The highest BCUT2D eigenvalue weighted by molar-refractivity contribution is 5.78. The van der Waals surface area contributed by atoms with Crippen LogP contribution in [0.5, 0.6) is 0 Å². The van der Waals surface area contributed by atoms with E-state index in [1.165, 1.54) is 19.3 Å². The van der Waals surface area contributed by atoms with Crippen molar-refractivity contribution in [3.8, 4) is 0 Å². The van der Waals surface area contributed by atoms with E-state index in [0.29, 0.717) is 12.6 Å². The summed E-state index contributed by atoms with van der Waals surface area (Å²) in [5, 5.41) is 6.64. The first-order chi connectivity index (χ1) is 9.31. The number of nitrogens with one attached hydrogen (secondary N) is 2. The Kier molecular flexibility index (Phi) is 6.96. The largest absolute Gasteiger partial charge is 0.353 e. The van der Waals surface area contributed by atoms with Gasteiger partial charge in [0.05, 0.1) is 6.54 Å². The minimum Gasteiger partial charge on any atom is -0.353 e. The number of carbonyl (C=O) groups excluding carboxylic acids is 1. The molecule has 2 unspecified atom stereocenters. The molecule has 1 saturated heterocycles. The van der Waals surface area contributed by atoms with Crippen LogP contribution in [0.25, 0.3) is 0 Å². The number of rotatable bonds is 6. The monoisotopic (exact) mass is 283 g/mol. The number of hydrogen-bond donors (Lipinski definition) is 2. The summed E-state index contributed by atoms with van der Waals surface area (Å²) >= 11 is 0. The Morgan fingerprint density at radius 2 is 2.05 bits per heavy atom. The normalized spacial score (nSPS) is 22.6. The molecule has 20 heavy (non-hydrogen) atoms. The summed E-state index contributed by atoms with van der Waals surface area (Å²) in [5.41, 5.74) is 0.141. The summed E-state index contributed by atoms with van der Waals surface area (Å²) < 4.78 is 0. The second-order valence-electron chi connectivity index (χ2n) is 7.13. The van der Waals surface area contributed by atoms with Crippen LogP contribution >= 0.6 is 0 Å².